The number of ether oxygens (including phenoxy) is 2. The number of rotatable bonds is 8. The number of nitrogens with one attached hydrogen (secondary N) is 1. The fourth-order valence-corrected chi connectivity index (χ4v) is 4.77. The second kappa shape index (κ2) is 11.3. The third kappa shape index (κ3) is 5.58. The summed E-state index contributed by atoms with van der Waals surface area (Å²) in [5.41, 5.74) is 3.13. The first-order valence-corrected chi connectivity index (χ1v) is 13.2. The molecule has 41 heavy (non-hydrogen) atoms. The van der Waals surface area contributed by atoms with E-state index in [0.717, 1.165) is 10.5 Å². The van der Waals surface area contributed by atoms with E-state index < -0.39 is 17.8 Å². The molecule has 1 aliphatic rings. The summed E-state index contributed by atoms with van der Waals surface area (Å²) >= 11 is 6.24. The Hall–Kier alpha value is -4.88. The minimum atomic E-state index is -0.647. The van der Waals surface area contributed by atoms with Gasteiger partial charge in [-0.1, -0.05) is 74.0 Å². The molecule has 7 nitrogen and oxygen atoms in total. The van der Waals surface area contributed by atoms with Gasteiger partial charge in [0, 0.05) is 17.2 Å². The van der Waals surface area contributed by atoms with Crippen LogP contribution in [-0.4, -0.2) is 24.9 Å². The first-order valence-electron chi connectivity index (χ1n) is 12.9. The van der Waals surface area contributed by atoms with E-state index in [-0.39, 0.29) is 16.1 Å². The van der Waals surface area contributed by atoms with Crippen LogP contribution in [0.4, 0.5) is 11.4 Å². The zero-order chi connectivity index (χ0) is 29.1. The number of esters is 1. The molecule has 0 spiro atoms. The number of imide groups is 1. The van der Waals surface area contributed by atoms with Gasteiger partial charge in [-0.05, 0) is 59.7 Å². The normalized spacial score (nSPS) is 13.4. The maximum absolute atomic E-state index is 13.1. The number of halogens is 1. The molecule has 8 heteroatoms. The molecule has 0 radical (unpaired) electrons. The van der Waals surface area contributed by atoms with Gasteiger partial charge in [0.2, 0.25) is 0 Å². The van der Waals surface area contributed by atoms with Crippen molar-refractivity contribution in [3.8, 4) is 11.5 Å². The average molecular weight is 567 g/mol. The fourth-order valence-electron chi connectivity index (χ4n) is 4.56. The van der Waals surface area contributed by atoms with Crippen LogP contribution >= 0.6 is 11.6 Å². The molecule has 0 aromatic heterocycles. The summed E-state index contributed by atoms with van der Waals surface area (Å²) in [5, 5.41) is 2.67. The molecule has 206 valence electrons. The van der Waals surface area contributed by atoms with Gasteiger partial charge in [0.15, 0.2) is 0 Å². The Labute approximate surface area is 243 Å². The second-order valence-corrected chi connectivity index (χ2v) is 10.3. The van der Waals surface area contributed by atoms with Crippen LogP contribution in [0.15, 0.2) is 114 Å². The first-order chi connectivity index (χ1) is 19.7. The number of methoxy groups -OCH3 is 1. The standard InChI is InChI=1S/C33H27ClN2O5/c1-33(2,22-8-5-4-6-9-22)23-14-18-26(19-15-23)41-32(39)21-12-16-24(17-13-21)35-29-28(34)30(37)36(31(29)38)25-10-7-11-27(20-25)40-3/h4-20,35H,1-3H3. The molecule has 4 aromatic carbocycles. The van der Waals surface area contributed by atoms with Gasteiger partial charge in [-0.2, -0.15) is 0 Å². The highest BCUT2D eigenvalue weighted by Crippen LogP contribution is 2.33. The number of carbonyl (C=O) groups is 3. The molecular formula is C33H27ClN2O5. The van der Waals surface area contributed by atoms with Gasteiger partial charge >= 0.3 is 5.97 Å². The molecule has 5 rings (SSSR count). The van der Waals surface area contributed by atoms with Crippen molar-refractivity contribution in [1.29, 1.82) is 0 Å². The van der Waals surface area contributed by atoms with Crippen LogP contribution in [0.5, 0.6) is 11.5 Å². The first kappa shape index (κ1) is 27.7. The van der Waals surface area contributed by atoms with Gasteiger partial charge < -0.3 is 14.8 Å². The highest BCUT2D eigenvalue weighted by atomic mass is 35.5. The summed E-state index contributed by atoms with van der Waals surface area (Å²) in [4.78, 5) is 39.6. The molecule has 1 N–H and O–H groups in total. The second-order valence-electron chi connectivity index (χ2n) is 9.94. The van der Waals surface area contributed by atoms with Crippen LogP contribution < -0.4 is 19.7 Å². The van der Waals surface area contributed by atoms with E-state index in [0.29, 0.717) is 28.4 Å². The van der Waals surface area contributed by atoms with Crippen molar-refractivity contribution in [2.45, 2.75) is 19.3 Å². The van der Waals surface area contributed by atoms with Gasteiger partial charge in [-0.15, -0.1) is 0 Å². The quantitative estimate of drug-likeness (QED) is 0.145. The summed E-state index contributed by atoms with van der Waals surface area (Å²) in [6.45, 7) is 4.29. The molecule has 0 saturated heterocycles. The van der Waals surface area contributed by atoms with Crippen molar-refractivity contribution in [2.75, 3.05) is 17.3 Å². The fraction of sp³-hybridized carbons (Fsp3) is 0.121. The highest BCUT2D eigenvalue weighted by molar-refractivity contribution is 6.53. The number of carbonyl (C=O) groups excluding carboxylic acids is 3. The Balaban J connectivity index is 1.24. The third-order valence-corrected chi connectivity index (χ3v) is 7.36. The number of hydrogen-bond donors (Lipinski definition) is 1. The number of amides is 2. The maximum Gasteiger partial charge on any atom is 0.343 e. The molecule has 1 heterocycles. The topological polar surface area (TPSA) is 84.9 Å². The summed E-state index contributed by atoms with van der Waals surface area (Å²) in [6, 6.07) is 30.6. The van der Waals surface area contributed by atoms with Gasteiger partial charge in [-0.3, -0.25) is 9.59 Å². The lowest BCUT2D eigenvalue weighted by molar-refractivity contribution is -0.120. The Bertz CT molecular complexity index is 1650. The monoisotopic (exact) mass is 566 g/mol. The number of benzene rings is 4. The predicted octanol–water partition coefficient (Wildman–Crippen LogP) is 6.68. The Morgan fingerprint density at radius 2 is 1.44 bits per heavy atom. The average Bonchev–Trinajstić information content (AvgIpc) is 3.21. The van der Waals surface area contributed by atoms with E-state index in [9.17, 15) is 14.4 Å². The third-order valence-electron chi connectivity index (χ3n) is 7.01. The zero-order valence-corrected chi connectivity index (χ0v) is 23.4. The molecule has 0 fully saturated rings. The van der Waals surface area contributed by atoms with Crippen molar-refractivity contribution in [3.63, 3.8) is 0 Å². The van der Waals surface area contributed by atoms with Crippen LogP contribution in [0, 0.1) is 0 Å². The number of hydrogen-bond acceptors (Lipinski definition) is 6. The smallest absolute Gasteiger partial charge is 0.343 e. The van der Waals surface area contributed by atoms with E-state index >= 15 is 0 Å². The summed E-state index contributed by atoms with van der Waals surface area (Å²) in [6.07, 6.45) is 0. The molecular weight excluding hydrogens is 540 g/mol. The highest BCUT2D eigenvalue weighted by Gasteiger charge is 2.39. The lowest BCUT2D eigenvalue weighted by atomic mass is 9.78. The van der Waals surface area contributed by atoms with Crippen LogP contribution in [0.3, 0.4) is 0 Å². The van der Waals surface area contributed by atoms with Crippen LogP contribution in [0.25, 0.3) is 0 Å². The molecule has 0 bridgehead atoms. The van der Waals surface area contributed by atoms with Crippen molar-refractivity contribution in [1.82, 2.24) is 0 Å². The minimum absolute atomic E-state index is 0.0617. The van der Waals surface area contributed by atoms with Crippen molar-refractivity contribution < 1.29 is 23.9 Å². The summed E-state index contributed by atoms with van der Waals surface area (Å²) in [7, 11) is 1.49. The minimum Gasteiger partial charge on any atom is -0.497 e. The van der Waals surface area contributed by atoms with Gasteiger partial charge in [0.05, 0.1) is 18.4 Å². The van der Waals surface area contributed by atoms with Crippen molar-refractivity contribution in [3.05, 3.63) is 131 Å². The van der Waals surface area contributed by atoms with Crippen molar-refractivity contribution in [2.24, 2.45) is 0 Å². The van der Waals surface area contributed by atoms with Crippen LogP contribution in [0.1, 0.15) is 35.3 Å². The zero-order valence-electron chi connectivity index (χ0n) is 22.7. The number of anilines is 2. The SMILES string of the molecule is COc1cccc(N2C(=O)C(Cl)=C(Nc3ccc(C(=O)Oc4ccc(C(C)(C)c5ccccc5)cc4)cc3)C2=O)c1. The molecule has 1 aliphatic heterocycles. The lowest BCUT2D eigenvalue weighted by Crippen LogP contribution is -2.32. The van der Waals surface area contributed by atoms with Crippen LogP contribution in [-0.2, 0) is 15.0 Å². The van der Waals surface area contributed by atoms with E-state index in [2.05, 4.69) is 31.3 Å². The Morgan fingerprint density at radius 1 is 0.780 bits per heavy atom. The molecule has 0 saturated carbocycles. The summed E-state index contributed by atoms with van der Waals surface area (Å²) < 4.78 is 10.8. The molecule has 0 aliphatic carbocycles. The van der Waals surface area contributed by atoms with Gasteiger partial charge in [-0.25, -0.2) is 9.69 Å². The van der Waals surface area contributed by atoms with E-state index in [1.165, 1.54) is 12.7 Å². The largest absolute Gasteiger partial charge is 0.497 e. The predicted molar refractivity (Wildman–Crippen MR) is 158 cm³/mol. The Morgan fingerprint density at radius 3 is 2.10 bits per heavy atom. The lowest BCUT2D eigenvalue weighted by Gasteiger charge is -2.26. The molecule has 4 aromatic rings. The maximum atomic E-state index is 13.1. The van der Waals surface area contributed by atoms with E-state index in [4.69, 9.17) is 21.1 Å². The van der Waals surface area contributed by atoms with E-state index in [1.54, 1.807) is 60.7 Å². The summed E-state index contributed by atoms with van der Waals surface area (Å²) in [5.74, 6) is -0.855. The molecule has 2 amide bonds. The van der Waals surface area contributed by atoms with E-state index in [1.807, 2.05) is 30.3 Å². The van der Waals surface area contributed by atoms with Crippen LogP contribution in [0.2, 0.25) is 0 Å². The molecule has 0 unspecified atom stereocenters. The van der Waals surface area contributed by atoms with Crippen molar-refractivity contribution >= 4 is 40.8 Å². The Kier molecular flexibility index (Phi) is 7.64. The van der Waals surface area contributed by atoms with Gasteiger partial charge in [0.25, 0.3) is 11.8 Å². The van der Waals surface area contributed by atoms with Gasteiger partial charge in [0.1, 0.15) is 22.2 Å². The molecule has 0 atom stereocenters. The number of nitrogens with zero attached hydrogens (tertiary/aromatic N) is 1.